The predicted molar refractivity (Wildman–Crippen MR) is 311 cm³/mol. The molecule has 10 aromatic rings. The Labute approximate surface area is 438 Å². The second kappa shape index (κ2) is 16.5. The molecule has 0 amide bonds. The molecule has 0 radical (unpaired) electrons. The van der Waals surface area contributed by atoms with Crippen LogP contribution in [-0.4, -0.2) is 0 Å². The van der Waals surface area contributed by atoms with Gasteiger partial charge in [0.1, 0.15) is 0 Å². The molecule has 0 bridgehead atoms. The van der Waals surface area contributed by atoms with E-state index in [1.807, 2.05) is 0 Å². The summed E-state index contributed by atoms with van der Waals surface area (Å²) in [6.07, 6.45) is 0. The van der Waals surface area contributed by atoms with Gasteiger partial charge in [-0.05, 0) is 161 Å². The molecule has 2 unspecified atom stereocenters. The summed E-state index contributed by atoms with van der Waals surface area (Å²) in [6, 6.07) is 90.4. The topological polar surface area (TPSA) is 3.24 Å². The van der Waals surface area contributed by atoms with E-state index in [0.29, 0.717) is 0 Å². The first-order valence-electron chi connectivity index (χ1n) is 26.6. The summed E-state index contributed by atoms with van der Waals surface area (Å²) in [4.78, 5) is 2.55. The number of benzene rings is 10. The van der Waals surface area contributed by atoms with Gasteiger partial charge in [-0.2, -0.15) is 0 Å². The number of rotatable bonds is 7. The quantitative estimate of drug-likeness (QED) is 0.154. The van der Waals surface area contributed by atoms with Gasteiger partial charge >= 0.3 is 0 Å². The predicted octanol–water partition coefficient (Wildman–Crippen LogP) is 18.8. The van der Waals surface area contributed by atoms with Crippen LogP contribution in [0.5, 0.6) is 0 Å². The van der Waals surface area contributed by atoms with E-state index >= 15 is 0 Å². The van der Waals surface area contributed by atoms with Crippen molar-refractivity contribution in [1.29, 1.82) is 0 Å². The van der Waals surface area contributed by atoms with Gasteiger partial charge < -0.3 is 4.90 Å². The van der Waals surface area contributed by atoms with Crippen molar-refractivity contribution in [3.05, 3.63) is 303 Å². The van der Waals surface area contributed by atoms with Crippen LogP contribution in [0.2, 0.25) is 0 Å². The van der Waals surface area contributed by atoms with Gasteiger partial charge in [-0.15, -0.1) is 0 Å². The summed E-state index contributed by atoms with van der Waals surface area (Å²) >= 11 is 0. The third-order valence-corrected chi connectivity index (χ3v) is 17.5. The maximum Gasteiger partial charge on any atom is 0.0714 e. The molecule has 0 saturated heterocycles. The molecule has 360 valence electrons. The van der Waals surface area contributed by atoms with Crippen LogP contribution < -0.4 is 4.90 Å². The SMILES string of the molecule is CC(C)(C)c1ccc(C2(c3ccc(C(C)(C)C)cc3)c3ccccc3-c3ccc(N(c4ccc5c(c4)-c4ccccc4C5(C)c4ccccc4)c4ccc5c(c4)C(C)(c4ccccc4)c4ccccc4-5)cc32)cc1. The molecule has 0 saturated carbocycles. The molecule has 0 fully saturated rings. The first kappa shape index (κ1) is 45.8. The largest absolute Gasteiger partial charge is 0.310 e. The first-order valence-corrected chi connectivity index (χ1v) is 26.6. The van der Waals surface area contributed by atoms with Crippen molar-refractivity contribution in [2.24, 2.45) is 0 Å². The maximum absolute atomic E-state index is 2.55. The summed E-state index contributed by atoms with van der Waals surface area (Å²) < 4.78 is 0. The molecule has 74 heavy (non-hydrogen) atoms. The zero-order valence-corrected chi connectivity index (χ0v) is 44.0. The number of fused-ring (bicyclic) bond motifs is 9. The molecule has 0 aromatic heterocycles. The van der Waals surface area contributed by atoms with Gasteiger partial charge in [-0.25, -0.2) is 0 Å². The molecule has 0 N–H and O–H groups in total. The maximum atomic E-state index is 2.55. The van der Waals surface area contributed by atoms with Gasteiger partial charge in [0.25, 0.3) is 0 Å². The smallest absolute Gasteiger partial charge is 0.0714 e. The van der Waals surface area contributed by atoms with E-state index in [1.54, 1.807) is 0 Å². The summed E-state index contributed by atoms with van der Waals surface area (Å²) in [5, 5.41) is 0. The van der Waals surface area contributed by atoms with Crippen LogP contribution in [0.3, 0.4) is 0 Å². The molecule has 10 aromatic carbocycles. The van der Waals surface area contributed by atoms with Gasteiger partial charge in [-0.1, -0.05) is 242 Å². The van der Waals surface area contributed by atoms with Crippen molar-refractivity contribution in [3.63, 3.8) is 0 Å². The van der Waals surface area contributed by atoms with Gasteiger partial charge in [-0.3, -0.25) is 0 Å². The average molecular weight is 954 g/mol. The Hall–Kier alpha value is -8.00. The van der Waals surface area contributed by atoms with Crippen molar-refractivity contribution in [2.75, 3.05) is 4.90 Å². The zero-order chi connectivity index (χ0) is 50.8. The highest BCUT2D eigenvalue weighted by atomic mass is 15.1. The van der Waals surface area contributed by atoms with Crippen molar-refractivity contribution < 1.29 is 0 Å². The van der Waals surface area contributed by atoms with Crippen LogP contribution in [-0.2, 0) is 27.1 Å². The highest BCUT2D eigenvalue weighted by Gasteiger charge is 2.48. The van der Waals surface area contributed by atoms with E-state index < -0.39 is 5.41 Å². The lowest BCUT2D eigenvalue weighted by Gasteiger charge is -2.36. The van der Waals surface area contributed by atoms with E-state index in [1.165, 1.54) is 100 Å². The molecule has 1 nitrogen and oxygen atoms in total. The minimum atomic E-state index is -0.597. The number of hydrogen-bond acceptors (Lipinski definition) is 1. The van der Waals surface area contributed by atoms with Gasteiger partial charge in [0.2, 0.25) is 0 Å². The molecule has 3 aliphatic carbocycles. The van der Waals surface area contributed by atoms with E-state index in [9.17, 15) is 0 Å². The van der Waals surface area contributed by atoms with E-state index in [0.717, 1.165) is 17.1 Å². The van der Waals surface area contributed by atoms with E-state index in [4.69, 9.17) is 0 Å². The van der Waals surface area contributed by atoms with Gasteiger partial charge in [0, 0.05) is 27.9 Å². The van der Waals surface area contributed by atoms with Gasteiger partial charge in [0.15, 0.2) is 0 Å². The van der Waals surface area contributed by atoms with Crippen LogP contribution in [0.1, 0.15) is 122 Å². The summed E-state index contributed by atoms with van der Waals surface area (Å²) in [5.74, 6) is 0. The fourth-order valence-electron chi connectivity index (χ4n) is 13.5. The Morgan fingerprint density at radius 2 is 0.622 bits per heavy atom. The first-order chi connectivity index (χ1) is 35.7. The van der Waals surface area contributed by atoms with Crippen molar-refractivity contribution in [2.45, 2.75) is 82.5 Å². The molecule has 0 aliphatic heterocycles. The monoisotopic (exact) mass is 953 g/mol. The Morgan fingerprint density at radius 1 is 0.270 bits per heavy atom. The molecule has 13 rings (SSSR count). The minimum Gasteiger partial charge on any atom is -0.310 e. The summed E-state index contributed by atoms with van der Waals surface area (Å²) in [7, 11) is 0. The fraction of sp³-hybridized carbons (Fsp3) is 0.178. The Balaban J connectivity index is 1.08. The second-order valence-electron chi connectivity index (χ2n) is 23.5. The summed E-state index contributed by atoms with van der Waals surface area (Å²) in [5.41, 5.74) is 25.6. The van der Waals surface area contributed by atoms with E-state index in [-0.39, 0.29) is 21.7 Å². The average Bonchev–Trinajstić information content (AvgIpc) is 4.00. The number of anilines is 3. The standard InChI is InChI=1S/C73H63N/c1-69(2,3)48-31-35-52(36-32-48)73(53-37-33-49(34-38-53)70(4,5)6)66-30-20-17-26-58(66)61-43-40-56(47-68(61)73)74(54-41-44-65-62(45-54)59-27-16-19-29-64(59)71(65,7)50-21-11-9-12-22-50)55-39-42-60-57-25-15-18-28-63(57)72(8,67(60)46-55)51-23-13-10-14-24-51/h9-47H,1-8H3. The van der Waals surface area contributed by atoms with Crippen LogP contribution in [0, 0.1) is 0 Å². The Morgan fingerprint density at radius 3 is 1.12 bits per heavy atom. The Bertz CT molecular complexity index is 3750. The lowest BCUT2D eigenvalue weighted by atomic mass is 9.67. The van der Waals surface area contributed by atoms with Crippen LogP contribution in [0.15, 0.2) is 237 Å². The molecule has 0 heterocycles. The minimum absolute atomic E-state index is 0.0158. The number of hydrogen-bond donors (Lipinski definition) is 0. The Kier molecular flexibility index (Phi) is 10.2. The third-order valence-electron chi connectivity index (χ3n) is 17.5. The molecule has 1 heteroatoms. The van der Waals surface area contributed by atoms with Crippen molar-refractivity contribution in [1.82, 2.24) is 0 Å². The van der Waals surface area contributed by atoms with Crippen molar-refractivity contribution >= 4 is 17.1 Å². The molecular weight excluding hydrogens is 891 g/mol. The third kappa shape index (κ3) is 6.61. The molecule has 2 atom stereocenters. The highest BCUT2D eigenvalue weighted by molar-refractivity contribution is 5.93. The van der Waals surface area contributed by atoms with E-state index in [2.05, 4.69) is 297 Å². The molecule has 3 aliphatic rings. The van der Waals surface area contributed by atoms with Crippen LogP contribution >= 0.6 is 0 Å². The fourth-order valence-corrected chi connectivity index (χ4v) is 13.5. The molecular formula is C73H63N. The lowest BCUT2D eigenvalue weighted by Crippen LogP contribution is -2.29. The molecule has 0 spiro atoms. The van der Waals surface area contributed by atoms with Crippen molar-refractivity contribution in [3.8, 4) is 33.4 Å². The van der Waals surface area contributed by atoms with Crippen LogP contribution in [0.4, 0.5) is 17.1 Å². The zero-order valence-electron chi connectivity index (χ0n) is 44.0. The second-order valence-corrected chi connectivity index (χ2v) is 23.5. The lowest BCUT2D eigenvalue weighted by molar-refractivity contribution is 0.588. The van der Waals surface area contributed by atoms with Gasteiger partial charge in [0.05, 0.1) is 5.41 Å². The number of nitrogens with zero attached hydrogens (tertiary/aromatic N) is 1. The summed E-state index contributed by atoms with van der Waals surface area (Å²) in [6.45, 7) is 18.7. The van der Waals surface area contributed by atoms with Crippen LogP contribution in [0.25, 0.3) is 33.4 Å². The normalized spacial score (nSPS) is 17.7. The highest BCUT2D eigenvalue weighted by Crippen LogP contribution is 2.60.